The van der Waals surface area contributed by atoms with Gasteiger partial charge in [0.1, 0.15) is 0 Å². The number of likely N-dealkylation sites (tertiary alicyclic amines) is 1. The minimum absolute atomic E-state index is 0. The minimum atomic E-state index is 0. The molecule has 0 unspecified atom stereocenters. The third-order valence-corrected chi connectivity index (χ3v) is 4.52. The van der Waals surface area contributed by atoms with E-state index in [1.807, 2.05) is 30.1 Å². The molecule has 23 heavy (non-hydrogen) atoms. The maximum Gasteiger partial charge on any atom is 0.253 e. The molecule has 0 atom stereocenters. The number of hydrogen-bond donors (Lipinski definition) is 2. The van der Waals surface area contributed by atoms with E-state index in [2.05, 4.69) is 10.6 Å². The molecule has 1 aromatic carbocycles. The summed E-state index contributed by atoms with van der Waals surface area (Å²) in [6.45, 7) is 1.56. The van der Waals surface area contributed by atoms with Gasteiger partial charge in [-0.15, -0.1) is 12.4 Å². The van der Waals surface area contributed by atoms with Crippen molar-refractivity contribution in [1.29, 1.82) is 0 Å². The van der Waals surface area contributed by atoms with Crippen LogP contribution in [0.1, 0.15) is 36.0 Å². The normalized spacial score (nSPS) is 18.2. The first-order valence-corrected chi connectivity index (χ1v) is 8.05. The van der Waals surface area contributed by atoms with Crippen LogP contribution in [0, 0.1) is 5.92 Å². The lowest BCUT2D eigenvalue weighted by Gasteiger charge is -2.32. The van der Waals surface area contributed by atoms with Gasteiger partial charge >= 0.3 is 0 Å². The zero-order valence-electron chi connectivity index (χ0n) is 13.4. The third-order valence-electron chi connectivity index (χ3n) is 4.52. The van der Waals surface area contributed by atoms with E-state index in [4.69, 9.17) is 0 Å². The molecule has 5 nitrogen and oxygen atoms in total. The Morgan fingerprint density at radius 1 is 1.13 bits per heavy atom. The van der Waals surface area contributed by atoms with Gasteiger partial charge in [0, 0.05) is 36.3 Å². The number of anilines is 1. The molecule has 126 valence electrons. The van der Waals surface area contributed by atoms with Gasteiger partial charge in [-0.3, -0.25) is 9.59 Å². The summed E-state index contributed by atoms with van der Waals surface area (Å²) in [5.41, 5.74) is 1.37. The van der Waals surface area contributed by atoms with Gasteiger partial charge in [-0.25, -0.2) is 0 Å². The first kappa shape index (κ1) is 17.8. The van der Waals surface area contributed by atoms with E-state index < -0.39 is 0 Å². The summed E-state index contributed by atoms with van der Waals surface area (Å²) in [6, 6.07) is 7.78. The van der Waals surface area contributed by atoms with Crippen LogP contribution in [0.5, 0.6) is 0 Å². The van der Waals surface area contributed by atoms with Crippen LogP contribution < -0.4 is 10.6 Å². The fourth-order valence-electron chi connectivity index (χ4n) is 2.87. The zero-order valence-corrected chi connectivity index (χ0v) is 14.2. The van der Waals surface area contributed by atoms with Crippen molar-refractivity contribution < 1.29 is 9.59 Å². The van der Waals surface area contributed by atoms with Crippen molar-refractivity contribution >= 4 is 29.9 Å². The number of carbonyl (C=O) groups excluding carboxylic acids is 2. The Bertz CT molecular complexity index is 567. The SMILES string of the molecule is CNC1CCN(C(=O)c2cccc(NC(=O)C3CC3)c2)CC1.Cl. The molecule has 2 fully saturated rings. The summed E-state index contributed by atoms with van der Waals surface area (Å²) in [6.07, 6.45) is 3.93. The lowest BCUT2D eigenvalue weighted by molar-refractivity contribution is -0.117. The second kappa shape index (κ2) is 7.79. The molecular weight excluding hydrogens is 314 g/mol. The van der Waals surface area contributed by atoms with Gasteiger partial charge in [0.05, 0.1) is 0 Å². The van der Waals surface area contributed by atoms with E-state index >= 15 is 0 Å². The highest BCUT2D eigenvalue weighted by Gasteiger charge is 2.29. The summed E-state index contributed by atoms with van der Waals surface area (Å²) < 4.78 is 0. The lowest BCUT2D eigenvalue weighted by Crippen LogP contribution is -2.43. The van der Waals surface area contributed by atoms with E-state index in [1.165, 1.54) is 0 Å². The molecule has 2 aliphatic rings. The van der Waals surface area contributed by atoms with Crippen molar-refractivity contribution in [2.45, 2.75) is 31.7 Å². The Kier molecular flexibility index (Phi) is 6.02. The van der Waals surface area contributed by atoms with Gasteiger partial charge in [-0.2, -0.15) is 0 Å². The van der Waals surface area contributed by atoms with E-state index in [0.717, 1.165) is 38.8 Å². The van der Waals surface area contributed by atoms with Gasteiger partial charge in [0.2, 0.25) is 5.91 Å². The average Bonchev–Trinajstić information content (AvgIpc) is 3.39. The highest BCUT2D eigenvalue weighted by Crippen LogP contribution is 2.30. The van der Waals surface area contributed by atoms with Gasteiger partial charge in [0.15, 0.2) is 0 Å². The molecular formula is C17H24ClN3O2. The van der Waals surface area contributed by atoms with E-state index in [0.29, 0.717) is 17.3 Å². The number of piperidine rings is 1. The number of rotatable bonds is 4. The van der Waals surface area contributed by atoms with E-state index in [1.54, 1.807) is 6.07 Å². The van der Waals surface area contributed by atoms with Crippen molar-refractivity contribution in [3.8, 4) is 0 Å². The third kappa shape index (κ3) is 4.45. The maximum atomic E-state index is 12.6. The monoisotopic (exact) mass is 337 g/mol. The molecule has 1 aromatic rings. The predicted octanol–water partition coefficient (Wildman–Crippen LogP) is 2.28. The largest absolute Gasteiger partial charge is 0.339 e. The number of hydrogen-bond acceptors (Lipinski definition) is 3. The van der Waals surface area contributed by atoms with E-state index in [-0.39, 0.29) is 30.1 Å². The highest BCUT2D eigenvalue weighted by atomic mass is 35.5. The Balaban J connectivity index is 0.00000192. The van der Waals surface area contributed by atoms with E-state index in [9.17, 15) is 9.59 Å². The van der Waals surface area contributed by atoms with Crippen LogP contribution >= 0.6 is 12.4 Å². The Morgan fingerprint density at radius 2 is 1.83 bits per heavy atom. The second-order valence-electron chi connectivity index (χ2n) is 6.20. The summed E-state index contributed by atoms with van der Waals surface area (Å²) in [4.78, 5) is 26.3. The average molecular weight is 338 g/mol. The van der Waals surface area contributed by atoms with Gasteiger partial charge in [0.25, 0.3) is 5.91 Å². The fourth-order valence-corrected chi connectivity index (χ4v) is 2.87. The number of benzene rings is 1. The van der Waals surface area contributed by atoms with Crippen LogP contribution in [-0.4, -0.2) is 42.9 Å². The zero-order chi connectivity index (χ0) is 15.5. The van der Waals surface area contributed by atoms with Crippen LogP contribution in [0.25, 0.3) is 0 Å². The molecule has 0 radical (unpaired) electrons. The maximum absolute atomic E-state index is 12.6. The number of halogens is 1. The smallest absolute Gasteiger partial charge is 0.253 e. The molecule has 1 saturated heterocycles. The van der Waals surface area contributed by atoms with Gasteiger partial charge in [-0.05, 0) is 50.9 Å². The molecule has 2 N–H and O–H groups in total. The second-order valence-corrected chi connectivity index (χ2v) is 6.20. The number of nitrogens with zero attached hydrogens (tertiary/aromatic N) is 1. The first-order chi connectivity index (χ1) is 10.7. The molecule has 1 aliphatic heterocycles. The molecule has 6 heteroatoms. The van der Waals surface area contributed by atoms with Crippen LogP contribution in [0.2, 0.25) is 0 Å². The molecule has 0 bridgehead atoms. The van der Waals surface area contributed by atoms with Gasteiger partial charge in [-0.1, -0.05) is 6.07 Å². The first-order valence-electron chi connectivity index (χ1n) is 8.05. The number of amides is 2. The Morgan fingerprint density at radius 3 is 2.43 bits per heavy atom. The molecule has 1 heterocycles. The topological polar surface area (TPSA) is 61.4 Å². The molecule has 0 spiro atoms. The minimum Gasteiger partial charge on any atom is -0.339 e. The molecule has 0 aromatic heterocycles. The van der Waals surface area contributed by atoms with Crippen molar-refractivity contribution in [1.82, 2.24) is 10.2 Å². The van der Waals surface area contributed by atoms with Crippen molar-refractivity contribution in [2.24, 2.45) is 5.92 Å². The van der Waals surface area contributed by atoms with Gasteiger partial charge < -0.3 is 15.5 Å². The van der Waals surface area contributed by atoms with Crippen LogP contribution in [0.15, 0.2) is 24.3 Å². The molecule has 3 rings (SSSR count). The summed E-state index contributed by atoms with van der Waals surface area (Å²) in [5, 5.41) is 6.16. The number of nitrogens with one attached hydrogen (secondary N) is 2. The number of carbonyl (C=O) groups is 2. The molecule has 2 amide bonds. The Hall–Kier alpha value is -1.59. The predicted molar refractivity (Wildman–Crippen MR) is 93.0 cm³/mol. The Labute approximate surface area is 143 Å². The lowest BCUT2D eigenvalue weighted by atomic mass is 10.0. The fraction of sp³-hybridized carbons (Fsp3) is 0.529. The highest BCUT2D eigenvalue weighted by molar-refractivity contribution is 5.98. The molecule has 1 saturated carbocycles. The summed E-state index contributed by atoms with van der Waals surface area (Å²) in [7, 11) is 1.97. The summed E-state index contributed by atoms with van der Waals surface area (Å²) >= 11 is 0. The van der Waals surface area contributed by atoms with Crippen molar-refractivity contribution in [3.63, 3.8) is 0 Å². The summed E-state index contributed by atoms with van der Waals surface area (Å²) in [5.74, 6) is 0.288. The van der Waals surface area contributed by atoms with Crippen molar-refractivity contribution in [3.05, 3.63) is 29.8 Å². The molecule has 1 aliphatic carbocycles. The van der Waals surface area contributed by atoms with Crippen LogP contribution in [0.4, 0.5) is 5.69 Å². The standard InChI is InChI=1S/C17H23N3O2.ClH/c1-18-14-7-9-20(10-8-14)17(22)13-3-2-4-15(11-13)19-16(21)12-5-6-12;/h2-4,11-12,14,18H,5-10H2,1H3,(H,19,21);1H. The quantitative estimate of drug-likeness (QED) is 0.886. The van der Waals surface area contributed by atoms with Crippen molar-refractivity contribution in [2.75, 3.05) is 25.5 Å². The van der Waals surface area contributed by atoms with Crippen LogP contribution in [-0.2, 0) is 4.79 Å². The van der Waals surface area contributed by atoms with Crippen LogP contribution in [0.3, 0.4) is 0 Å².